The van der Waals surface area contributed by atoms with Gasteiger partial charge in [0, 0.05) is 21.5 Å². The van der Waals surface area contributed by atoms with Crippen LogP contribution in [0.15, 0.2) is 48.5 Å². The number of carbonyl (C=O) groups is 2. The minimum atomic E-state index is -0.487. The average molecular weight is 393 g/mol. The van der Waals surface area contributed by atoms with Gasteiger partial charge in [-0.25, -0.2) is 0 Å². The standard InChI is InChI=1S/C21H22Cl2O3/c1-3-11-26-21(25)14(2)12-19(16-5-4-6-18(23)13-16)20(24)15-7-9-17(22)10-8-15/h4-10,13-14,19H,3,11-12H2,1-2H3. The molecule has 0 aliphatic heterocycles. The van der Waals surface area contributed by atoms with E-state index in [1.807, 2.05) is 13.0 Å². The fourth-order valence-electron chi connectivity index (χ4n) is 2.73. The molecule has 0 aliphatic carbocycles. The van der Waals surface area contributed by atoms with E-state index >= 15 is 0 Å². The second-order valence-corrected chi connectivity index (χ2v) is 7.16. The molecule has 0 N–H and O–H groups in total. The first-order chi connectivity index (χ1) is 12.4. The zero-order chi connectivity index (χ0) is 19.1. The Morgan fingerprint density at radius 1 is 1.04 bits per heavy atom. The molecule has 0 heterocycles. The van der Waals surface area contributed by atoms with Crippen molar-refractivity contribution < 1.29 is 14.3 Å². The largest absolute Gasteiger partial charge is 0.465 e. The van der Waals surface area contributed by atoms with Crippen molar-refractivity contribution in [1.82, 2.24) is 0 Å². The van der Waals surface area contributed by atoms with Crippen molar-refractivity contribution in [2.24, 2.45) is 5.92 Å². The summed E-state index contributed by atoms with van der Waals surface area (Å²) in [7, 11) is 0. The Bertz CT molecular complexity index is 756. The minimum absolute atomic E-state index is 0.0703. The van der Waals surface area contributed by atoms with Gasteiger partial charge in [-0.2, -0.15) is 0 Å². The molecule has 0 saturated heterocycles. The molecular formula is C21H22Cl2O3. The third-order valence-corrected chi connectivity index (χ3v) is 4.62. The van der Waals surface area contributed by atoms with E-state index < -0.39 is 11.8 Å². The van der Waals surface area contributed by atoms with Crippen LogP contribution in [0.5, 0.6) is 0 Å². The Morgan fingerprint density at radius 2 is 1.73 bits per heavy atom. The third kappa shape index (κ3) is 5.58. The fraction of sp³-hybridized carbons (Fsp3) is 0.333. The smallest absolute Gasteiger partial charge is 0.308 e. The number of rotatable bonds is 8. The second-order valence-electron chi connectivity index (χ2n) is 6.28. The molecule has 2 rings (SSSR count). The molecule has 0 saturated carbocycles. The number of carbonyl (C=O) groups excluding carboxylic acids is 2. The van der Waals surface area contributed by atoms with E-state index in [2.05, 4.69) is 0 Å². The lowest BCUT2D eigenvalue weighted by molar-refractivity contribution is -0.148. The van der Waals surface area contributed by atoms with E-state index in [1.165, 1.54) is 0 Å². The Morgan fingerprint density at radius 3 is 2.35 bits per heavy atom. The summed E-state index contributed by atoms with van der Waals surface area (Å²) in [5.74, 6) is -1.25. The predicted molar refractivity (Wildman–Crippen MR) is 105 cm³/mol. The maximum atomic E-state index is 13.1. The molecule has 0 aromatic heterocycles. The highest BCUT2D eigenvalue weighted by molar-refractivity contribution is 6.31. The normalized spacial score (nSPS) is 13.1. The lowest BCUT2D eigenvalue weighted by Crippen LogP contribution is -2.22. The van der Waals surface area contributed by atoms with Crippen LogP contribution < -0.4 is 0 Å². The van der Waals surface area contributed by atoms with Crippen molar-refractivity contribution in [2.75, 3.05) is 6.61 Å². The van der Waals surface area contributed by atoms with Gasteiger partial charge in [-0.1, -0.05) is 49.2 Å². The molecule has 0 aliphatic rings. The second kappa shape index (κ2) is 9.75. The Labute approximate surface area is 164 Å². The fourth-order valence-corrected chi connectivity index (χ4v) is 3.05. The SMILES string of the molecule is CCCOC(=O)C(C)CC(C(=O)c1ccc(Cl)cc1)c1cccc(Cl)c1. The van der Waals surface area contributed by atoms with Gasteiger partial charge in [0.1, 0.15) is 0 Å². The molecule has 2 aromatic rings. The zero-order valence-corrected chi connectivity index (χ0v) is 16.4. The van der Waals surface area contributed by atoms with E-state index in [0.717, 1.165) is 12.0 Å². The topological polar surface area (TPSA) is 43.4 Å². The molecule has 0 fully saturated rings. The van der Waals surface area contributed by atoms with E-state index in [4.69, 9.17) is 27.9 Å². The Balaban J connectivity index is 2.28. The van der Waals surface area contributed by atoms with Crippen LogP contribution >= 0.6 is 23.2 Å². The van der Waals surface area contributed by atoms with Crippen molar-refractivity contribution in [3.63, 3.8) is 0 Å². The first kappa shape index (κ1) is 20.5. The summed E-state index contributed by atoms with van der Waals surface area (Å²) in [6, 6.07) is 13.9. The molecule has 0 amide bonds. The number of Topliss-reactive ketones (excluding diaryl/α,β-unsaturated/α-hetero) is 1. The quantitative estimate of drug-likeness (QED) is 0.412. The maximum absolute atomic E-state index is 13.1. The van der Waals surface area contributed by atoms with Crippen LogP contribution in [0.2, 0.25) is 10.0 Å². The van der Waals surface area contributed by atoms with Gasteiger partial charge in [-0.3, -0.25) is 9.59 Å². The van der Waals surface area contributed by atoms with Gasteiger partial charge in [0.2, 0.25) is 0 Å². The van der Waals surface area contributed by atoms with Crippen LogP contribution in [-0.2, 0) is 9.53 Å². The third-order valence-electron chi connectivity index (χ3n) is 4.14. The minimum Gasteiger partial charge on any atom is -0.465 e. The van der Waals surface area contributed by atoms with Crippen LogP contribution in [0.1, 0.15) is 48.5 Å². The highest BCUT2D eigenvalue weighted by Crippen LogP contribution is 2.30. The number of hydrogen-bond acceptors (Lipinski definition) is 3. The molecule has 26 heavy (non-hydrogen) atoms. The average Bonchev–Trinajstić information content (AvgIpc) is 2.64. The molecule has 2 aromatic carbocycles. The van der Waals surface area contributed by atoms with E-state index in [0.29, 0.717) is 28.6 Å². The van der Waals surface area contributed by atoms with Crippen LogP contribution in [0.25, 0.3) is 0 Å². The van der Waals surface area contributed by atoms with Gasteiger partial charge in [0.25, 0.3) is 0 Å². The number of benzene rings is 2. The summed E-state index contributed by atoms with van der Waals surface area (Å²) in [5, 5.41) is 1.12. The van der Waals surface area contributed by atoms with E-state index in [-0.39, 0.29) is 11.8 Å². The molecular weight excluding hydrogens is 371 g/mol. The molecule has 0 radical (unpaired) electrons. The molecule has 0 bridgehead atoms. The van der Waals surface area contributed by atoms with E-state index in [9.17, 15) is 9.59 Å². The number of hydrogen-bond donors (Lipinski definition) is 0. The molecule has 2 unspecified atom stereocenters. The summed E-state index contributed by atoms with van der Waals surface area (Å²) in [6.45, 7) is 4.11. The van der Waals surface area contributed by atoms with Crippen molar-refractivity contribution >= 4 is 35.0 Å². The number of esters is 1. The van der Waals surface area contributed by atoms with Crippen molar-refractivity contribution in [3.8, 4) is 0 Å². The van der Waals surface area contributed by atoms with Crippen LogP contribution in [0, 0.1) is 5.92 Å². The summed E-state index contributed by atoms with van der Waals surface area (Å²) in [5.41, 5.74) is 1.33. The summed E-state index contributed by atoms with van der Waals surface area (Å²) < 4.78 is 5.22. The summed E-state index contributed by atoms with van der Waals surface area (Å²) >= 11 is 12.0. The van der Waals surface area contributed by atoms with Gasteiger partial charge in [-0.15, -0.1) is 0 Å². The number of ketones is 1. The van der Waals surface area contributed by atoms with Crippen molar-refractivity contribution in [2.45, 2.75) is 32.6 Å². The summed E-state index contributed by atoms with van der Waals surface area (Å²) in [6.07, 6.45) is 1.12. The lowest BCUT2D eigenvalue weighted by Gasteiger charge is -2.20. The molecule has 0 spiro atoms. The Kier molecular flexibility index (Phi) is 7.67. The van der Waals surface area contributed by atoms with Gasteiger partial charge in [0.05, 0.1) is 12.5 Å². The highest BCUT2D eigenvalue weighted by atomic mass is 35.5. The van der Waals surface area contributed by atoms with Gasteiger partial charge in [-0.05, 0) is 54.8 Å². The highest BCUT2D eigenvalue weighted by Gasteiger charge is 2.27. The lowest BCUT2D eigenvalue weighted by atomic mass is 9.84. The zero-order valence-electron chi connectivity index (χ0n) is 14.9. The van der Waals surface area contributed by atoms with Crippen LogP contribution in [0.3, 0.4) is 0 Å². The summed E-state index contributed by atoms with van der Waals surface area (Å²) in [4.78, 5) is 25.3. The van der Waals surface area contributed by atoms with Crippen LogP contribution in [0.4, 0.5) is 0 Å². The molecule has 5 heteroatoms. The monoisotopic (exact) mass is 392 g/mol. The van der Waals surface area contributed by atoms with Gasteiger partial charge < -0.3 is 4.74 Å². The van der Waals surface area contributed by atoms with Crippen molar-refractivity contribution in [3.05, 3.63) is 69.7 Å². The molecule has 138 valence electrons. The number of ether oxygens (including phenoxy) is 1. The predicted octanol–water partition coefficient (Wildman–Crippen LogP) is 5.94. The molecule has 2 atom stereocenters. The van der Waals surface area contributed by atoms with Crippen LogP contribution in [-0.4, -0.2) is 18.4 Å². The van der Waals surface area contributed by atoms with Gasteiger partial charge in [0.15, 0.2) is 5.78 Å². The van der Waals surface area contributed by atoms with Crippen molar-refractivity contribution in [1.29, 1.82) is 0 Å². The van der Waals surface area contributed by atoms with Gasteiger partial charge >= 0.3 is 5.97 Å². The van der Waals surface area contributed by atoms with E-state index in [1.54, 1.807) is 49.4 Å². The first-order valence-electron chi connectivity index (χ1n) is 8.64. The maximum Gasteiger partial charge on any atom is 0.308 e. The number of halogens is 2. The Hall–Kier alpha value is -1.84. The first-order valence-corrected chi connectivity index (χ1v) is 9.39. The molecule has 3 nitrogen and oxygen atoms in total.